The molecule has 1 aliphatic heterocycles. The molecule has 2 aromatic rings. The number of rotatable bonds is 8. The largest absolute Gasteiger partial charge is 0.381 e. The van der Waals surface area contributed by atoms with Gasteiger partial charge in [-0.2, -0.15) is 0 Å². The summed E-state index contributed by atoms with van der Waals surface area (Å²) >= 11 is 6.00. The van der Waals surface area contributed by atoms with Crippen LogP contribution in [0.5, 0.6) is 0 Å². The van der Waals surface area contributed by atoms with Crippen molar-refractivity contribution in [2.45, 2.75) is 32.7 Å². The number of aromatic nitrogens is 1. The van der Waals surface area contributed by atoms with Gasteiger partial charge < -0.3 is 4.74 Å². The van der Waals surface area contributed by atoms with Gasteiger partial charge in [-0.3, -0.25) is 9.88 Å². The molecular weight excluding hydrogens is 332 g/mol. The van der Waals surface area contributed by atoms with Crippen molar-refractivity contribution in [3.8, 4) is 0 Å². The maximum atomic E-state index is 6.00. The lowest BCUT2D eigenvalue weighted by molar-refractivity contribution is 0.0489. The summed E-state index contributed by atoms with van der Waals surface area (Å²) in [6, 6.07) is 12.4. The number of likely N-dealkylation sites (tertiary alicyclic amines) is 1. The Balaban J connectivity index is 1.61. The summed E-state index contributed by atoms with van der Waals surface area (Å²) in [7, 11) is 0. The number of benzene rings is 1. The van der Waals surface area contributed by atoms with Crippen LogP contribution in [-0.4, -0.2) is 36.2 Å². The van der Waals surface area contributed by atoms with Gasteiger partial charge in [0.1, 0.15) is 0 Å². The predicted octanol–water partition coefficient (Wildman–Crippen LogP) is 4.60. The van der Waals surface area contributed by atoms with Crippen LogP contribution in [0.1, 0.15) is 30.9 Å². The average molecular weight is 359 g/mol. The van der Waals surface area contributed by atoms with E-state index < -0.39 is 0 Å². The van der Waals surface area contributed by atoms with E-state index in [2.05, 4.69) is 35.0 Å². The minimum atomic E-state index is 0.248. The summed E-state index contributed by atoms with van der Waals surface area (Å²) in [5.41, 5.74) is 2.89. The van der Waals surface area contributed by atoms with Crippen molar-refractivity contribution in [1.29, 1.82) is 0 Å². The SMILES string of the molecule is CCOC[C@]1(CCc2ccc(Cl)cc2)CCN(Cc2cccnc2)C1. The number of halogens is 1. The molecule has 1 saturated heterocycles. The Morgan fingerprint density at radius 2 is 2.04 bits per heavy atom. The van der Waals surface area contributed by atoms with E-state index in [4.69, 9.17) is 16.3 Å². The molecule has 3 rings (SSSR count). The molecule has 0 bridgehead atoms. The first-order chi connectivity index (χ1) is 12.2. The second-order valence-electron chi connectivity index (χ2n) is 7.09. The van der Waals surface area contributed by atoms with Crippen molar-refractivity contribution in [1.82, 2.24) is 9.88 Å². The summed E-state index contributed by atoms with van der Waals surface area (Å²) in [4.78, 5) is 6.77. The van der Waals surface area contributed by atoms with Crippen molar-refractivity contribution in [2.75, 3.05) is 26.3 Å². The molecule has 0 aliphatic carbocycles. The van der Waals surface area contributed by atoms with Crippen molar-refractivity contribution in [3.05, 3.63) is 64.9 Å². The highest BCUT2D eigenvalue weighted by Crippen LogP contribution is 2.36. The Morgan fingerprint density at radius 1 is 1.20 bits per heavy atom. The van der Waals surface area contributed by atoms with E-state index in [1.165, 1.54) is 17.5 Å². The lowest BCUT2D eigenvalue weighted by atomic mass is 9.82. The monoisotopic (exact) mass is 358 g/mol. The topological polar surface area (TPSA) is 25.4 Å². The van der Waals surface area contributed by atoms with Crippen LogP contribution in [0.4, 0.5) is 0 Å². The lowest BCUT2D eigenvalue weighted by Crippen LogP contribution is -2.32. The summed E-state index contributed by atoms with van der Waals surface area (Å²) in [6.07, 6.45) is 7.22. The van der Waals surface area contributed by atoms with Gasteiger partial charge >= 0.3 is 0 Å². The molecule has 0 N–H and O–H groups in total. The molecule has 0 spiro atoms. The van der Waals surface area contributed by atoms with Crippen LogP contribution < -0.4 is 0 Å². The third-order valence-corrected chi connectivity index (χ3v) is 5.37. The predicted molar refractivity (Wildman–Crippen MR) is 103 cm³/mol. The standard InChI is InChI=1S/C21H27ClN2O/c1-2-25-17-21(10-9-18-5-7-20(22)8-6-18)11-13-24(16-21)15-19-4-3-12-23-14-19/h3-8,12,14H,2,9-11,13,15-17H2,1H3/t21-/m1/s1. The fraction of sp³-hybridized carbons (Fsp3) is 0.476. The molecule has 2 heterocycles. The molecule has 1 aromatic heterocycles. The first kappa shape index (κ1) is 18.4. The maximum absolute atomic E-state index is 6.00. The molecule has 1 aliphatic rings. The van der Waals surface area contributed by atoms with Gasteiger partial charge in [0.05, 0.1) is 6.61 Å². The summed E-state index contributed by atoms with van der Waals surface area (Å²) in [5, 5.41) is 0.802. The van der Waals surface area contributed by atoms with Gasteiger partial charge in [-0.1, -0.05) is 29.8 Å². The van der Waals surface area contributed by atoms with Crippen LogP contribution >= 0.6 is 11.6 Å². The van der Waals surface area contributed by atoms with E-state index in [0.29, 0.717) is 0 Å². The molecular formula is C21H27ClN2O. The van der Waals surface area contributed by atoms with Gasteiger partial charge in [-0.15, -0.1) is 0 Å². The minimum absolute atomic E-state index is 0.248. The Bertz CT molecular complexity index is 647. The number of hydrogen-bond donors (Lipinski definition) is 0. The molecule has 1 fully saturated rings. The highest BCUT2D eigenvalue weighted by molar-refractivity contribution is 6.30. The second kappa shape index (κ2) is 8.79. The van der Waals surface area contributed by atoms with E-state index >= 15 is 0 Å². The van der Waals surface area contributed by atoms with E-state index in [1.807, 2.05) is 30.6 Å². The Morgan fingerprint density at radius 3 is 2.76 bits per heavy atom. The lowest BCUT2D eigenvalue weighted by Gasteiger charge is -2.29. The molecule has 0 unspecified atom stereocenters. The molecule has 0 amide bonds. The number of pyridine rings is 1. The normalized spacial score (nSPS) is 20.9. The third-order valence-electron chi connectivity index (χ3n) is 5.12. The minimum Gasteiger partial charge on any atom is -0.381 e. The van der Waals surface area contributed by atoms with Crippen molar-refractivity contribution < 1.29 is 4.74 Å². The summed E-state index contributed by atoms with van der Waals surface area (Å²) in [5.74, 6) is 0. The first-order valence-corrected chi connectivity index (χ1v) is 9.50. The van der Waals surface area contributed by atoms with Crippen LogP contribution in [0.3, 0.4) is 0 Å². The van der Waals surface area contributed by atoms with E-state index in [9.17, 15) is 0 Å². The fourth-order valence-electron chi connectivity index (χ4n) is 3.69. The van der Waals surface area contributed by atoms with Crippen molar-refractivity contribution >= 4 is 11.6 Å². The van der Waals surface area contributed by atoms with Crippen LogP contribution in [0.2, 0.25) is 5.02 Å². The van der Waals surface area contributed by atoms with Crippen LogP contribution in [0.15, 0.2) is 48.8 Å². The smallest absolute Gasteiger partial charge is 0.0535 e. The van der Waals surface area contributed by atoms with Gasteiger partial charge in [0.25, 0.3) is 0 Å². The first-order valence-electron chi connectivity index (χ1n) is 9.13. The molecule has 3 nitrogen and oxygen atoms in total. The van der Waals surface area contributed by atoms with Gasteiger partial charge in [0.2, 0.25) is 0 Å². The average Bonchev–Trinajstić information content (AvgIpc) is 3.04. The van der Waals surface area contributed by atoms with Gasteiger partial charge in [-0.25, -0.2) is 0 Å². The molecule has 25 heavy (non-hydrogen) atoms. The Hall–Kier alpha value is -1.42. The molecule has 1 atom stereocenters. The van der Waals surface area contributed by atoms with E-state index in [0.717, 1.165) is 50.7 Å². The summed E-state index contributed by atoms with van der Waals surface area (Å²) in [6.45, 7) is 6.90. The second-order valence-corrected chi connectivity index (χ2v) is 7.52. The Kier molecular flexibility index (Phi) is 6.46. The molecule has 0 saturated carbocycles. The van der Waals surface area contributed by atoms with Crippen molar-refractivity contribution in [3.63, 3.8) is 0 Å². The van der Waals surface area contributed by atoms with E-state index in [1.54, 1.807) is 0 Å². The highest BCUT2D eigenvalue weighted by atomic mass is 35.5. The zero-order chi connectivity index (χ0) is 17.5. The number of ether oxygens (including phenoxy) is 1. The van der Waals surface area contributed by atoms with Gasteiger partial charge in [-0.05, 0) is 62.1 Å². The van der Waals surface area contributed by atoms with Gasteiger partial charge in [0.15, 0.2) is 0 Å². The molecule has 4 heteroatoms. The van der Waals surface area contributed by atoms with Crippen LogP contribution in [0, 0.1) is 5.41 Å². The Labute approximate surface area is 156 Å². The van der Waals surface area contributed by atoms with Gasteiger partial charge in [0, 0.05) is 42.5 Å². The molecule has 0 radical (unpaired) electrons. The van der Waals surface area contributed by atoms with Crippen molar-refractivity contribution in [2.24, 2.45) is 5.41 Å². The summed E-state index contributed by atoms with van der Waals surface area (Å²) < 4.78 is 5.87. The maximum Gasteiger partial charge on any atom is 0.0535 e. The highest BCUT2D eigenvalue weighted by Gasteiger charge is 2.37. The zero-order valence-corrected chi connectivity index (χ0v) is 15.7. The fourth-order valence-corrected chi connectivity index (χ4v) is 3.81. The zero-order valence-electron chi connectivity index (χ0n) is 15.0. The van der Waals surface area contributed by atoms with E-state index in [-0.39, 0.29) is 5.41 Å². The third kappa shape index (κ3) is 5.27. The quantitative estimate of drug-likeness (QED) is 0.689. The number of hydrogen-bond acceptors (Lipinski definition) is 3. The molecule has 1 aromatic carbocycles. The van der Waals surface area contributed by atoms with Crippen LogP contribution in [-0.2, 0) is 17.7 Å². The molecule has 134 valence electrons. The van der Waals surface area contributed by atoms with Crippen LogP contribution in [0.25, 0.3) is 0 Å². The number of aryl methyl sites for hydroxylation is 1. The number of nitrogens with zero attached hydrogens (tertiary/aromatic N) is 2.